The number of rotatable bonds is 3. The number of halogens is 3. The lowest BCUT2D eigenvalue weighted by molar-refractivity contribution is 0.0671. The van der Waals surface area contributed by atoms with Crippen LogP contribution in [-0.4, -0.2) is 44.0 Å². The molecule has 2 aliphatic rings. The highest BCUT2D eigenvalue weighted by atomic mass is 79.9. The Morgan fingerprint density at radius 3 is 2.76 bits per heavy atom. The Labute approximate surface area is 137 Å². The molecule has 0 aromatic heterocycles. The average molecular weight is 375 g/mol. The van der Waals surface area contributed by atoms with E-state index < -0.39 is 0 Å². The van der Waals surface area contributed by atoms with E-state index in [0.29, 0.717) is 21.9 Å². The first kappa shape index (κ1) is 15.3. The Morgan fingerprint density at radius 2 is 2.19 bits per heavy atom. The van der Waals surface area contributed by atoms with Crippen molar-refractivity contribution in [2.75, 3.05) is 32.2 Å². The number of likely N-dealkylation sites (N-methyl/N-ethyl adjacent to an activating group) is 1. The average Bonchev–Trinajstić information content (AvgIpc) is 2.39. The van der Waals surface area contributed by atoms with Crippen LogP contribution in [0.2, 0.25) is 5.02 Å². The summed E-state index contributed by atoms with van der Waals surface area (Å²) in [6, 6.07) is 1.77. The van der Waals surface area contributed by atoms with E-state index in [4.69, 9.17) is 11.6 Å². The molecule has 0 unspecified atom stereocenters. The molecule has 3 nitrogen and oxygen atoms in total. The second-order valence-corrected chi connectivity index (χ2v) is 7.25. The third kappa shape index (κ3) is 2.49. The monoisotopic (exact) mass is 373 g/mol. The molecule has 1 aliphatic heterocycles. The summed E-state index contributed by atoms with van der Waals surface area (Å²) in [5.74, 6) is -0.295. The molecule has 1 heterocycles. The van der Waals surface area contributed by atoms with Gasteiger partial charge in [-0.2, -0.15) is 0 Å². The molecule has 0 amide bonds. The summed E-state index contributed by atoms with van der Waals surface area (Å²) < 4.78 is 15.0. The van der Waals surface area contributed by atoms with Crippen molar-refractivity contribution in [2.24, 2.45) is 4.99 Å². The minimum atomic E-state index is -0.295. The predicted molar refractivity (Wildman–Crippen MR) is 89.2 cm³/mol. The van der Waals surface area contributed by atoms with E-state index in [2.05, 4.69) is 39.9 Å². The Bertz CT molecular complexity index is 599. The van der Waals surface area contributed by atoms with Gasteiger partial charge < -0.3 is 9.80 Å². The first-order valence-corrected chi connectivity index (χ1v) is 8.21. The van der Waals surface area contributed by atoms with Gasteiger partial charge in [-0.25, -0.2) is 4.39 Å². The molecule has 0 N–H and O–H groups in total. The third-order valence-electron chi connectivity index (χ3n) is 4.68. The Kier molecular flexibility index (Phi) is 4.01. The summed E-state index contributed by atoms with van der Waals surface area (Å²) in [7, 11) is 4.20. The second kappa shape index (κ2) is 5.52. The third-order valence-corrected chi connectivity index (χ3v) is 5.98. The van der Waals surface area contributed by atoms with Crippen LogP contribution in [0.15, 0.2) is 15.5 Å². The van der Waals surface area contributed by atoms with Crippen molar-refractivity contribution in [3.63, 3.8) is 0 Å². The minimum Gasteiger partial charge on any atom is -0.347 e. The van der Waals surface area contributed by atoms with Crippen molar-refractivity contribution < 1.29 is 4.39 Å². The number of nitrogens with zero attached hydrogens (tertiary/aromatic N) is 3. The molecule has 1 saturated carbocycles. The van der Waals surface area contributed by atoms with Gasteiger partial charge in [-0.3, -0.25) is 4.99 Å². The highest BCUT2D eigenvalue weighted by Crippen LogP contribution is 2.41. The second-order valence-electron chi connectivity index (χ2n) is 6.05. The van der Waals surface area contributed by atoms with E-state index in [1.54, 1.807) is 12.3 Å². The van der Waals surface area contributed by atoms with Crippen LogP contribution >= 0.6 is 27.5 Å². The molecular formula is C15H18BrClFN3. The fraction of sp³-hybridized carbons (Fsp3) is 0.533. The van der Waals surface area contributed by atoms with Crippen molar-refractivity contribution in [3.05, 3.63) is 26.9 Å². The molecule has 0 atom stereocenters. The minimum absolute atomic E-state index is 0.128. The lowest BCUT2D eigenvalue weighted by Gasteiger charge is -2.50. The summed E-state index contributed by atoms with van der Waals surface area (Å²) in [5, 5.41) is 0.380. The molecule has 114 valence electrons. The molecule has 0 spiro atoms. The zero-order valence-electron chi connectivity index (χ0n) is 12.2. The van der Waals surface area contributed by atoms with E-state index >= 15 is 0 Å². The number of benzene rings is 1. The van der Waals surface area contributed by atoms with Gasteiger partial charge in [0.05, 0.1) is 15.2 Å². The molecule has 1 aromatic rings. The maximum Gasteiger partial charge on any atom is 0.162 e. The predicted octanol–water partition coefficient (Wildman–Crippen LogP) is 3.92. The topological polar surface area (TPSA) is 18.8 Å². The standard InChI is InChI=1S/C15H18BrClFN3/c1-20(2)15(4-3-5-15)8-21-9-19-7-10-6-11(17)12(16)13(18)14(10)21/h6-7H,3-5,8-9H2,1-2H3. The lowest BCUT2D eigenvalue weighted by Crippen LogP contribution is -2.58. The van der Waals surface area contributed by atoms with Crippen LogP contribution in [-0.2, 0) is 0 Å². The normalized spacial score (nSPS) is 19.6. The Hall–Kier alpha value is -0.650. The lowest BCUT2D eigenvalue weighted by atomic mass is 9.75. The first-order chi connectivity index (χ1) is 9.94. The van der Waals surface area contributed by atoms with Crippen LogP contribution in [0.4, 0.5) is 10.1 Å². The zero-order chi connectivity index (χ0) is 15.2. The van der Waals surface area contributed by atoms with Crippen molar-refractivity contribution in [3.8, 4) is 0 Å². The number of hydrogen-bond acceptors (Lipinski definition) is 3. The molecule has 0 radical (unpaired) electrons. The fourth-order valence-corrected chi connectivity index (χ4v) is 3.65. The summed E-state index contributed by atoms with van der Waals surface area (Å²) in [6.07, 6.45) is 5.23. The van der Waals surface area contributed by atoms with E-state index in [0.717, 1.165) is 24.9 Å². The van der Waals surface area contributed by atoms with Crippen LogP contribution in [0.1, 0.15) is 24.8 Å². The van der Waals surface area contributed by atoms with Gasteiger partial charge in [-0.15, -0.1) is 0 Å². The van der Waals surface area contributed by atoms with E-state index in [9.17, 15) is 4.39 Å². The van der Waals surface area contributed by atoms with Gasteiger partial charge in [-0.1, -0.05) is 11.6 Å². The first-order valence-electron chi connectivity index (χ1n) is 7.04. The number of fused-ring (bicyclic) bond motifs is 1. The van der Waals surface area contributed by atoms with Gasteiger partial charge in [0.2, 0.25) is 0 Å². The molecule has 0 saturated heterocycles. The maximum atomic E-state index is 14.6. The van der Waals surface area contributed by atoms with E-state index in [-0.39, 0.29) is 11.4 Å². The summed E-state index contributed by atoms with van der Waals surface area (Å²) in [6.45, 7) is 1.28. The number of hydrogen-bond donors (Lipinski definition) is 0. The Balaban J connectivity index is 1.97. The van der Waals surface area contributed by atoms with Crippen LogP contribution < -0.4 is 4.90 Å². The molecule has 1 aromatic carbocycles. The summed E-state index contributed by atoms with van der Waals surface area (Å²) in [4.78, 5) is 8.65. The number of anilines is 1. The van der Waals surface area contributed by atoms with Crippen LogP contribution in [0, 0.1) is 5.82 Å². The van der Waals surface area contributed by atoms with Crippen LogP contribution in [0.5, 0.6) is 0 Å². The molecule has 1 aliphatic carbocycles. The molecule has 0 bridgehead atoms. The highest BCUT2D eigenvalue weighted by molar-refractivity contribution is 9.10. The van der Waals surface area contributed by atoms with Crippen molar-refractivity contribution in [2.45, 2.75) is 24.8 Å². The quantitative estimate of drug-likeness (QED) is 0.747. The van der Waals surface area contributed by atoms with Gasteiger partial charge in [-0.05, 0) is 55.4 Å². The van der Waals surface area contributed by atoms with E-state index in [1.807, 2.05) is 4.90 Å². The van der Waals surface area contributed by atoms with Crippen LogP contribution in [0.25, 0.3) is 0 Å². The molecule has 1 fully saturated rings. The summed E-state index contributed by atoms with van der Waals surface area (Å²) in [5.41, 5.74) is 1.48. The SMILES string of the molecule is CN(C)C1(CN2CN=Cc3cc(Cl)c(Br)c(F)c32)CCC1. The van der Waals surface area contributed by atoms with Gasteiger partial charge in [0.25, 0.3) is 0 Å². The largest absolute Gasteiger partial charge is 0.347 e. The highest BCUT2D eigenvalue weighted by Gasteiger charge is 2.41. The zero-order valence-corrected chi connectivity index (χ0v) is 14.5. The van der Waals surface area contributed by atoms with Gasteiger partial charge in [0.15, 0.2) is 5.82 Å². The van der Waals surface area contributed by atoms with Gasteiger partial charge in [0, 0.05) is 23.9 Å². The molecular weight excluding hydrogens is 357 g/mol. The van der Waals surface area contributed by atoms with Gasteiger partial charge >= 0.3 is 0 Å². The number of aliphatic imine (C=N–C) groups is 1. The molecule has 3 rings (SSSR count). The van der Waals surface area contributed by atoms with Crippen LogP contribution in [0.3, 0.4) is 0 Å². The van der Waals surface area contributed by atoms with Gasteiger partial charge in [0.1, 0.15) is 6.67 Å². The van der Waals surface area contributed by atoms with Crippen molar-refractivity contribution in [1.82, 2.24) is 4.90 Å². The van der Waals surface area contributed by atoms with Crippen molar-refractivity contribution >= 4 is 39.4 Å². The fourth-order valence-electron chi connectivity index (χ4n) is 3.15. The Morgan fingerprint density at radius 1 is 1.48 bits per heavy atom. The van der Waals surface area contributed by atoms with Crippen molar-refractivity contribution in [1.29, 1.82) is 0 Å². The van der Waals surface area contributed by atoms with E-state index in [1.165, 1.54) is 6.42 Å². The maximum absolute atomic E-state index is 14.6. The molecule has 21 heavy (non-hydrogen) atoms. The smallest absolute Gasteiger partial charge is 0.162 e. The molecule has 6 heteroatoms. The summed E-state index contributed by atoms with van der Waals surface area (Å²) >= 11 is 9.28.